The molecule has 0 aliphatic heterocycles. The lowest BCUT2D eigenvalue weighted by molar-refractivity contribution is 0.181. The molecule has 1 heteroatoms. The van der Waals surface area contributed by atoms with E-state index in [-0.39, 0.29) is 0 Å². The highest BCUT2D eigenvalue weighted by Gasteiger charge is 2.37. The summed E-state index contributed by atoms with van der Waals surface area (Å²) in [5.41, 5.74) is 1.61. The summed E-state index contributed by atoms with van der Waals surface area (Å²) in [5, 5.41) is 0. The summed E-state index contributed by atoms with van der Waals surface area (Å²) >= 11 is 0. The summed E-state index contributed by atoms with van der Waals surface area (Å²) in [6, 6.07) is 0. The van der Waals surface area contributed by atoms with Crippen molar-refractivity contribution >= 4 is 7.26 Å². The lowest BCUT2D eigenvalue weighted by atomic mass is 9.72. The summed E-state index contributed by atoms with van der Waals surface area (Å²) in [4.78, 5) is 0. The molecule has 0 N–H and O–H groups in total. The van der Waals surface area contributed by atoms with Crippen LogP contribution >= 0.6 is 7.26 Å². The summed E-state index contributed by atoms with van der Waals surface area (Å²) < 4.78 is 0. The molecule has 1 saturated carbocycles. The van der Waals surface area contributed by atoms with Crippen LogP contribution in [0, 0.1) is 11.3 Å². The Hall–Kier alpha value is 0.430. The van der Waals surface area contributed by atoms with Crippen molar-refractivity contribution in [3.63, 3.8) is 0 Å². The maximum Gasteiger partial charge on any atom is 0.0689 e. The highest BCUT2D eigenvalue weighted by atomic mass is 31.2. The topological polar surface area (TPSA) is 0 Å². The molecule has 0 aromatic rings. The van der Waals surface area contributed by atoms with Gasteiger partial charge in [0.2, 0.25) is 0 Å². The fraction of sp³-hybridized carbons (Fsp3) is 1.00. The second-order valence-corrected chi connectivity index (χ2v) is 12.0. The fourth-order valence-electron chi connectivity index (χ4n) is 2.72. The third-order valence-corrected chi connectivity index (χ3v) is 6.72. The van der Waals surface area contributed by atoms with Crippen LogP contribution in [0.3, 0.4) is 0 Å². The Morgan fingerprint density at radius 3 is 1.57 bits per heavy atom. The van der Waals surface area contributed by atoms with E-state index in [9.17, 15) is 0 Å². The molecule has 0 saturated heterocycles. The molecule has 0 amide bonds. The predicted molar refractivity (Wildman–Crippen MR) is 69.9 cm³/mol. The van der Waals surface area contributed by atoms with Crippen LogP contribution in [0.15, 0.2) is 0 Å². The quantitative estimate of drug-likeness (QED) is 0.565. The SMILES string of the molecule is CC(C)(C)C1CCC([P+](C)(C)C)CC1. The van der Waals surface area contributed by atoms with Gasteiger partial charge in [-0.1, -0.05) is 20.8 Å². The Morgan fingerprint density at radius 2 is 1.29 bits per heavy atom. The van der Waals surface area contributed by atoms with Crippen LogP contribution in [0.1, 0.15) is 46.5 Å². The van der Waals surface area contributed by atoms with Crippen LogP contribution in [-0.2, 0) is 0 Å². The van der Waals surface area contributed by atoms with Gasteiger partial charge in [0.05, 0.1) is 5.66 Å². The minimum atomic E-state index is -0.570. The standard InChI is InChI=1S/C13H28P/c1-13(2,3)11-7-9-12(10-8-11)14(4,5)6/h11-12H,7-10H2,1-6H3/q+1. The van der Waals surface area contributed by atoms with E-state index in [2.05, 4.69) is 40.8 Å². The molecule has 1 fully saturated rings. The van der Waals surface area contributed by atoms with Crippen molar-refractivity contribution in [1.82, 2.24) is 0 Å². The molecule has 1 aliphatic rings. The third-order valence-electron chi connectivity index (χ3n) is 4.02. The Kier molecular flexibility index (Phi) is 3.68. The van der Waals surface area contributed by atoms with E-state index in [1.165, 1.54) is 25.7 Å². The van der Waals surface area contributed by atoms with Crippen LogP contribution in [0.2, 0.25) is 0 Å². The highest BCUT2D eigenvalue weighted by molar-refractivity contribution is 7.74. The molecule has 0 radical (unpaired) electrons. The molecule has 0 bridgehead atoms. The van der Waals surface area contributed by atoms with Crippen molar-refractivity contribution in [2.75, 3.05) is 20.0 Å². The smallest absolute Gasteiger partial charge is 0.0599 e. The van der Waals surface area contributed by atoms with Gasteiger partial charge in [-0.3, -0.25) is 0 Å². The predicted octanol–water partition coefficient (Wildman–Crippen LogP) is 4.50. The van der Waals surface area contributed by atoms with Gasteiger partial charge < -0.3 is 0 Å². The first-order valence-corrected chi connectivity index (χ1v) is 9.22. The largest absolute Gasteiger partial charge is 0.0689 e. The molecule has 0 nitrogen and oxygen atoms in total. The van der Waals surface area contributed by atoms with Crippen molar-refractivity contribution in [2.24, 2.45) is 11.3 Å². The van der Waals surface area contributed by atoms with E-state index in [1.54, 1.807) is 0 Å². The molecular formula is C13H28P+. The molecule has 1 rings (SSSR count). The first-order valence-electron chi connectivity index (χ1n) is 6.02. The zero-order valence-electron chi connectivity index (χ0n) is 10.9. The van der Waals surface area contributed by atoms with Gasteiger partial charge in [-0.05, 0) is 37.0 Å². The molecule has 84 valence electrons. The van der Waals surface area contributed by atoms with E-state index in [4.69, 9.17) is 0 Å². The average molecular weight is 215 g/mol. The Bertz CT molecular complexity index is 152. The van der Waals surface area contributed by atoms with Gasteiger partial charge in [-0.25, -0.2) is 0 Å². The van der Waals surface area contributed by atoms with Gasteiger partial charge >= 0.3 is 0 Å². The summed E-state index contributed by atoms with van der Waals surface area (Å²) in [5.74, 6) is 0.977. The monoisotopic (exact) mass is 215 g/mol. The van der Waals surface area contributed by atoms with Crippen molar-refractivity contribution < 1.29 is 0 Å². The van der Waals surface area contributed by atoms with Crippen LogP contribution < -0.4 is 0 Å². The minimum absolute atomic E-state index is 0.543. The van der Waals surface area contributed by atoms with E-state index >= 15 is 0 Å². The number of hydrogen-bond acceptors (Lipinski definition) is 0. The normalized spacial score (nSPS) is 30.4. The van der Waals surface area contributed by atoms with Crippen molar-refractivity contribution in [3.05, 3.63) is 0 Å². The molecule has 0 unspecified atom stereocenters. The average Bonchev–Trinajstić information content (AvgIpc) is 2.01. The third kappa shape index (κ3) is 3.23. The molecule has 0 heterocycles. The lowest BCUT2D eigenvalue weighted by Crippen LogP contribution is -2.28. The highest BCUT2D eigenvalue weighted by Crippen LogP contribution is 2.58. The van der Waals surface area contributed by atoms with Gasteiger partial charge in [0.15, 0.2) is 0 Å². The second kappa shape index (κ2) is 4.12. The van der Waals surface area contributed by atoms with E-state index in [0.29, 0.717) is 5.41 Å². The molecule has 14 heavy (non-hydrogen) atoms. The number of hydrogen-bond donors (Lipinski definition) is 0. The Labute approximate surface area is 91.2 Å². The van der Waals surface area contributed by atoms with Crippen LogP contribution in [0.5, 0.6) is 0 Å². The molecule has 0 atom stereocenters. The van der Waals surface area contributed by atoms with Crippen molar-refractivity contribution in [2.45, 2.75) is 52.1 Å². The van der Waals surface area contributed by atoms with Gasteiger partial charge in [-0.2, -0.15) is 0 Å². The zero-order valence-corrected chi connectivity index (χ0v) is 11.8. The minimum Gasteiger partial charge on any atom is -0.0599 e. The van der Waals surface area contributed by atoms with Gasteiger partial charge in [0.1, 0.15) is 0 Å². The van der Waals surface area contributed by atoms with Crippen LogP contribution in [0.25, 0.3) is 0 Å². The first kappa shape index (κ1) is 12.5. The number of rotatable bonds is 1. The van der Waals surface area contributed by atoms with Gasteiger partial charge in [0, 0.05) is 27.3 Å². The van der Waals surface area contributed by atoms with E-state index in [0.717, 1.165) is 11.6 Å². The maximum atomic E-state index is 2.51. The summed E-state index contributed by atoms with van der Waals surface area (Å²) in [6.45, 7) is 14.7. The first-order chi connectivity index (χ1) is 6.21. The Morgan fingerprint density at radius 1 is 0.857 bits per heavy atom. The zero-order chi connectivity index (χ0) is 11.0. The van der Waals surface area contributed by atoms with E-state index in [1.807, 2.05) is 0 Å². The van der Waals surface area contributed by atoms with Crippen molar-refractivity contribution in [1.29, 1.82) is 0 Å². The molecule has 0 aromatic carbocycles. The Balaban J connectivity index is 2.47. The molecule has 0 spiro atoms. The summed E-state index contributed by atoms with van der Waals surface area (Å²) in [6.07, 6.45) is 5.95. The van der Waals surface area contributed by atoms with Gasteiger partial charge in [-0.15, -0.1) is 0 Å². The van der Waals surface area contributed by atoms with Crippen molar-refractivity contribution in [3.8, 4) is 0 Å². The molecule has 0 aromatic heterocycles. The fourth-order valence-corrected chi connectivity index (χ4v) is 4.56. The van der Waals surface area contributed by atoms with Gasteiger partial charge in [0.25, 0.3) is 0 Å². The summed E-state index contributed by atoms with van der Waals surface area (Å²) in [7, 11) is -0.570. The second-order valence-electron chi connectivity index (χ2n) is 6.99. The maximum absolute atomic E-state index is 2.51. The van der Waals surface area contributed by atoms with E-state index < -0.39 is 7.26 Å². The van der Waals surface area contributed by atoms with Crippen LogP contribution in [0.4, 0.5) is 0 Å². The lowest BCUT2D eigenvalue weighted by Gasteiger charge is -2.38. The molecular weight excluding hydrogens is 187 g/mol. The van der Waals surface area contributed by atoms with Crippen LogP contribution in [-0.4, -0.2) is 25.7 Å². The molecule has 1 aliphatic carbocycles.